The lowest BCUT2D eigenvalue weighted by Crippen LogP contribution is -2.42. The Morgan fingerprint density at radius 1 is 1.05 bits per heavy atom. The molecule has 3 aliphatic rings. The summed E-state index contributed by atoms with van der Waals surface area (Å²) < 4.78 is 38.1. The highest BCUT2D eigenvalue weighted by atomic mass is 35.5. The maximum Gasteiger partial charge on any atom is 0.232 e. The summed E-state index contributed by atoms with van der Waals surface area (Å²) in [5.41, 5.74) is 4.12. The SMILES string of the molecule is COc1cc(N2CCC(N(C)C)CC2)c2cc1Nc1ncc(Cl)c(n1)Nc1ccc(cc1N(C)S(C)(=O)=O)OCCCCC2. The summed E-state index contributed by atoms with van der Waals surface area (Å²) >= 11 is 6.52. The molecule has 4 heterocycles. The number of rotatable bonds is 5. The highest BCUT2D eigenvalue weighted by molar-refractivity contribution is 7.92. The van der Waals surface area contributed by atoms with Crippen molar-refractivity contribution in [3.63, 3.8) is 0 Å². The molecule has 3 aromatic rings. The van der Waals surface area contributed by atoms with Crippen molar-refractivity contribution >= 4 is 56.1 Å². The molecular formula is C31H42ClN7O4S. The molecule has 1 saturated heterocycles. The second-order valence-corrected chi connectivity index (χ2v) is 14.0. The Morgan fingerprint density at radius 2 is 1.82 bits per heavy atom. The van der Waals surface area contributed by atoms with E-state index in [1.807, 2.05) is 0 Å². The first-order valence-electron chi connectivity index (χ1n) is 14.9. The van der Waals surface area contributed by atoms with Crippen LogP contribution >= 0.6 is 11.6 Å². The van der Waals surface area contributed by atoms with Crippen LogP contribution in [0.15, 0.2) is 36.5 Å². The minimum absolute atomic E-state index is 0.280. The Hall–Kier alpha value is -3.48. The van der Waals surface area contributed by atoms with Gasteiger partial charge in [-0.3, -0.25) is 4.31 Å². The number of sulfonamides is 1. The Labute approximate surface area is 265 Å². The maximum absolute atomic E-state index is 12.5. The van der Waals surface area contributed by atoms with E-state index in [4.69, 9.17) is 21.1 Å². The highest BCUT2D eigenvalue weighted by Crippen LogP contribution is 2.39. The van der Waals surface area contributed by atoms with Crippen LogP contribution in [0.5, 0.6) is 11.5 Å². The topological polar surface area (TPSA) is 112 Å². The predicted octanol–water partition coefficient (Wildman–Crippen LogP) is 5.66. The van der Waals surface area contributed by atoms with Crippen LogP contribution < -0.4 is 29.3 Å². The molecule has 13 heteroatoms. The summed E-state index contributed by atoms with van der Waals surface area (Å²) in [7, 11) is 3.92. The molecule has 0 atom stereocenters. The molecule has 1 fully saturated rings. The van der Waals surface area contributed by atoms with Crippen molar-refractivity contribution in [3.05, 3.63) is 47.1 Å². The molecule has 0 saturated carbocycles. The fraction of sp³-hybridized carbons (Fsp3) is 0.484. The van der Waals surface area contributed by atoms with Crippen LogP contribution in [0.1, 0.15) is 37.7 Å². The van der Waals surface area contributed by atoms with Gasteiger partial charge in [0.15, 0.2) is 5.82 Å². The average Bonchev–Trinajstić information content (AvgIpc) is 3.00. The van der Waals surface area contributed by atoms with E-state index in [1.54, 1.807) is 25.3 Å². The fourth-order valence-electron chi connectivity index (χ4n) is 5.69. The van der Waals surface area contributed by atoms with Crippen molar-refractivity contribution < 1.29 is 17.9 Å². The van der Waals surface area contributed by atoms with Gasteiger partial charge in [-0.15, -0.1) is 0 Å². The normalized spacial score (nSPS) is 16.4. The van der Waals surface area contributed by atoms with Crippen LogP contribution in [0.4, 0.5) is 34.5 Å². The number of ether oxygens (including phenoxy) is 2. The quantitative estimate of drug-likeness (QED) is 0.361. The molecule has 6 bridgehead atoms. The van der Waals surface area contributed by atoms with Gasteiger partial charge in [-0.1, -0.05) is 11.6 Å². The largest absolute Gasteiger partial charge is 0.494 e. The third kappa shape index (κ3) is 7.41. The van der Waals surface area contributed by atoms with Gasteiger partial charge in [0.2, 0.25) is 16.0 Å². The van der Waals surface area contributed by atoms with Gasteiger partial charge in [0.05, 0.1) is 43.2 Å². The number of hydrogen-bond acceptors (Lipinski definition) is 10. The maximum atomic E-state index is 12.5. The molecule has 1 aromatic heterocycles. The van der Waals surface area contributed by atoms with E-state index in [1.165, 1.54) is 28.8 Å². The first-order valence-corrected chi connectivity index (χ1v) is 17.2. The number of nitrogens with zero attached hydrogens (tertiary/aromatic N) is 5. The zero-order valence-corrected chi connectivity index (χ0v) is 27.6. The molecule has 3 aliphatic heterocycles. The van der Waals surface area contributed by atoms with Crippen molar-refractivity contribution in [1.82, 2.24) is 14.9 Å². The van der Waals surface area contributed by atoms with Crippen LogP contribution in [0.25, 0.3) is 0 Å². The summed E-state index contributed by atoms with van der Waals surface area (Å²) in [4.78, 5) is 13.9. The monoisotopic (exact) mass is 643 g/mol. The van der Waals surface area contributed by atoms with Crippen LogP contribution in [0.3, 0.4) is 0 Å². The van der Waals surface area contributed by atoms with Gasteiger partial charge >= 0.3 is 0 Å². The Morgan fingerprint density at radius 3 is 2.52 bits per heavy atom. The van der Waals surface area contributed by atoms with Gasteiger partial charge in [0.1, 0.15) is 16.5 Å². The van der Waals surface area contributed by atoms with Crippen LogP contribution in [-0.2, 0) is 16.4 Å². The van der Waals surface area contributed by atoms with Crippen molar-refractivity contribution in [2.75, 3.05) is 74.0 Å². The standard InChI is InChI=1S/C31H42ClN7O4S/c1-37(2)22-12-14-39(15-13-22)27-19-29(42-4)26-17-21(27)9-7-6-8-16-43-23-10-11-25(28(18-23)38(3)44(5,40)41)34-30-24(32)20-33-31(35-26)36-30/h10-11,17-20,22H,6-9,12-16H2,1-5H3,(H2,33,34,35,36). The van der Waals surface area contributed by atoms with Crippen molar-refractivity contribution in [2.24, 2.45) is 0 Å². The Kier molecular flexibility index (Phi) is 9.91. The summed E-state index contributed by atoms with van der Waals surface area (Å²) in [5.74, 6) is 1.92. The molecule has 0 aliphatic carbocycles. The van der Waals surface area contributed by atoms with E-state index in [9.17, 15) is 8.42 Å². The third-order valence-corrected chi connectivity index (χ3v) is 9.81. The zero-order valence-electron chi connectivity index (χ0n) is 26.1. The van der Waals surface area contributed by atoms with Crippen LogP contribution in [0.2, 0.25) is 5.02 Å². The minimum Gasteiger partial charge on any atom is -0.494 e. The molecule has 0 radical (unpaired) electrons. The number of nitrogens with one attached hydrogen (secondary N) is 2. The number of aryl methyl sites for hydroxylation is 1. The number of fused-ring (bicyclic) bond motifs is 7. The smallest absolute Gasteiger partial charge is 0.232 e. The lowest BCUT2D eigenvalue weighted by Gasteiger charge is -2.37. The Bertz CT molecular complexity index is 1580. The molecule has 6 rings (SSSR count). The molecule has 238 valence electrons. The van der Waals surface area contributed by atoms with Gasteiger partial charge in [-0.25, -0.2) is 13.4 Å². The van der Waals surface area contributed by atoms with E-state index in [2.05, 4.69) is 56.6 Å². The summed E-state index contributed by atoms with van der Waals surface area (Å²) in [6, 6.07) is 10.1. The second kappa shape index (κ2) is 13.7. The number of methoxy groups -OCH3 is 1. The first-order chi connectivity index (χ1) is 21.0. The molecule has 0 amide bonds. The number of anilines is 6. The first kappa shape index (κ1) is 31.9. The van der Waals surface area contributed by atoms with Crippen LogP contribution in [0, 0.1) is 0 Å². The van der Waals surface area contributed by atoms with Crippen molar-refractivity contribution in [1.29, 1.82) is 0 Å². The van der Waals surface area contributed by atoms with Gasteiger partial charge < -0.3 is 29.9 Å². The fourth-order valence-corrected chi connectivity index (χ4v) is 6.34. The van der Waals surface area contributed by atoms with Crippen LogP contribution in [-0.4, -0.2) is 83.5 Å². The van der Waals surface area contributed by atoms with E-state index < -0.39 is 10.0 Å². The number of hydrogen-bond donors (Lipinski definition) is 2. The highest BCUT2D eigenvalue weighted by Gasteiger charge is 2.24. The van der Waals surface area contributed by atoms with Gasteiger partial charge in [-0.2, -0.15) is 4.98 Å². The van der Waals surface area contributed by atoms with Gasteiger partial charge in [0.25, 0.3) is 0 Å². The summed E-state index contributed by atoms with van der Waals surface area (Å²) in [5, 5.41) is 6.83. The predicted molar refractivity (Wildman–Crippen MR) is 178 cm³/mol. The summed E-state index contributed by atoms with van der Waals surface area (Å²) in [6.45, 7) is 2.50. The number of halogens is 1. The number of piperidine rings is 1. The lowest BCUT2D eigenvalue weighted by molar-refractivity contribution is 0.249. The molecule has 44 heavy (non-hydrogen) atoms. The molecule has 2 N–H and O–H groups in total. The van der Waals surface area contributed by atoms with Gasteiger partial charge in [-0.05, 0) is 76.4 Å². The molecule has 0 spiro atoms. The number of aromatic nitrogens is 2. The average molecular weight is 644 g/mol. The molecule has 11 nitrogen and oxygen atoms in total. The second-order valence-electron chi connectivity index (χ2n) is 11.6. The molecular weight excluding hydrogens is 602 g/mol. The third-order valence-electron chi connectivity index (χ3n) is 8.34. The minimum atomic E-state index is -3.56. The lowest BCUT2D eigenvalue weighted by atomic mass is 9.99. The van der Waals surface area contributed by atoms with Crippen molar-refractivity contribution in [3.8, 4) is 11.5 Å². The van der Waals surface area contributed by atoms with E-state index in [-0.39, 0.29) is 5.02 Å². The molecule has 2 aromatic carbocycles. The van der Waals surface area contributed by atoms with E-state index >= 15 is 0 Å². The zero-order chi connectivity index (χ0) is 31.4. The Balaban J connectivity index is 1.52. The van der Waals surface area contributed by atoms with E-state index in [0.29, 0.717) is 47.3 Å². The van der Waals surface area contributed by atoms with Gasteiger partial charge in [0, 0.05) is 44.0 Å². The van der Waals surface area contributed by atoms with Crippen molar-refractivity contribution in [2.45, 2.75) is 44.6 Å². The molecule has 0 unspecified atom stereocenters. The number of benzene rings is 2. The summed E-state index contributed by atoms with van der Waals surface area (Å²) in [6.07, 6.45) is 8.63. The van der Waals surface area contributed by atoms with E-state index in [0.717, 1.165) is 63.6 Å².